The van der Waals surface area contributed by atoms with Gasteiger partial charge in [-0.15, -0.1) is 0 Å². The fraction of sp³-hybridized carbons (Fsp3) is 0.400. The third-order valence-corrected chi connectivity index (χ3v) is 3.08. The van der Waals surface area contributed by atoms with Gasteiger partial charge in [0, 0.05) is 13.1 Å². The van der Waals surface area contributed by atoms with Crippen LogP contribution in [0.15, 0.2) is 6.20 Å². The molecule has 1 amide bonds. The number of piperazine rings is 1. The number of fused-ring (bicyclic) bond motifs is 1. The highest BCUT2D eigenvalue weighted by molar-refractivity contribution is 5.92. The summed E-state index contributed by atoms with van der Waals surface area (Å²) in [5.74, 6) is 0.795. The van der Waals surface area contributed by atoms with Crippen molar-refractivity contribution in [3.63, 3.8) is 0 Å². The highest BCUT2D eigenvalue weighted by Crippen LogP contribution is 2.25. The van der Waals surface area contributed by atoms with Gasteiger partial charge in [-0.2, -0.15) is 15.1 Å². The molecule has 4 N–H and O–H groups in total. The van der Waals surface area contributed by atoms with E-state index in [-0.39, 0.29) is 17.9 Å². The van der Waals surface area contributed by atoms with Gasteiger partial charge in [0.1, 0.15) is 11.9 Å². The SMILES string of the molecule is CC1C(=O)NCCN1c1nc(N)nc2[nH]ncc12. The zero-order valence-electron chi connectivity index (χ0n) is 9.84. The maximum atomic E-state index is 11.7. The molecule has 1 aliphatic heterocycles. The minimum atomic E-state index is -0.286. The summed E-state index contributed by atoms with van der Waals surface area (Å²) in [4.78, 5) is 21.9. The number of amides is 1. The monoisotopic (exact) mass is 247 g/mol. The molecule has 1 fully saturated rings. The van der Waals surface area contributed by atoms with Crippen molar-refractivity contribution in [2.75, 3.05) is 23.7 Å². The first kappa shape index (κ1) is 10.8. The maximum Gasteiger partial charge on any atom is 0.242 e. The van der Waals surface area contributed by atoms with Crippen LogP contribution in [0.4, 0.5) is 11.8 Å². The first-order valence-corrected chi connectivity index (χ1v) is 5.68. The molecule has 1 atom stereocenters. The second-order valence-corrected chi connectivity index (χ2v) is 4.20. The van der Waals surface area contributed by atoms with Crippen molar-refractivity contribution in [1.82, 2.24) is 25.5 Å². The van der Waals surface area contributed by atoms with E-state index >= 15 is 0 Å². The number of hydrogen-bond acceptors (Lipinski definition) is 6. The van der Waals surface area contributed by atoms with Gasteiger partial charge in [0.05, 0.1) is 11.6 Å². The Labute approximate surface area is 103 Å². The molecule has 8 nitrogen and oxygen atoms in total. The first-order chi connectivity index (χ1) is 8.66. The fourth-order valence-electron chi connectivity index (χ4n) is 2.13. The number of nitrogen functional groups attached to an aromatic ring is 1. The number of aromatic amines is 1. The molecule has 94 valence electrons. The fourth-order valence-corrected chi connectivity index (χ4v) is 2.13. The molecule has 1 aliphatic rings. The van der Waals surface area contributed by atoms with E-state index in [4.69, 9.17) is 5.73 Å². The summed E-state index contributed by atoms with van der Waals surface area (Å²) >= 11 is 0. The van der Waals surface area contributed by atoms with E-state index in [9.17, 15) is 4.79 Å². The second-order valence-electron chi connectivity index (χ2n) is 4.20. The molecule has 0 spiro atoms. The molecule has 0 saturated carbocycles. The number of nitrogens with zero attached hydrogens (tertiary/aromatic N) is 4. The molecule has 3 rings (SSSR count). The smallest absolute Gasteiger partial charge is 0.242 e. The van der Waals surface area contributed by atoms with E-state index in [0.29, 0.717) is 24.6 Å². The van der Waals surface area contributed by atoms with Gasteiger partial charge in [0.25, 0.3) is 0 Å². The van der Waals surface area contributed by atoms with Gasteiger partial charge >= 0.3 is 0 Å². The molecule has 2 aromatic rings. The van der Waals surface area contributed by atoms with E-state index < -0.39 is 0 Å². The average Bonchev–Trinajstić information content (AvgIpc) is 2.79. The van der Waals surface area contributed by atoms with Crippen LogP contribution in [0.25, 0.3) is 11.0 Å². The molecule has 0 aromatic carbocycles. The Balaban J connectivity index is 2.12. The lowest BCUT2D eigenvalue weighted by molar-refractivity contribution is -0.122. The molecule has 2 aromatic heterocycles. The Hall–Kier alpha value is -2.38. The van der Waals surface area contributed by atoms with Gasteiger partial charge < -0.3 is 16.0 Å². The van der Waals surface area contributed by atoms with Crippen LogP contribution < -0.4 is 16.0 Å². The van der Waals surface area contributed by atoms with E-state index in [1.807, 2.05) is 11.8 Å². The molecular weight excluding hydrogens is 234 g/mol. The van der Waals surface area contributed by atoms with Crippen LogP contribution in [0, 0.1) is 0 Å². The van der Waals surface area contributed by atoms with Gasteiger partial charge in [-0.3, -0.25) is 9.89 Å². The lowest BCUT2D eigenvalue weighted by atomic mass is 10.2. The van der Waals surface area contributed by atoms with Crippen molar-refractivity contribution in [3.05, 3.63) is 6.20 Å². The van der Waals surface area contributed by atoms with Crippen molar-refractivity contribution in [2.45, 2.75) is 13.0 Å². The van der Waals surface area contributed by atoms with Crippen molar-refractivity contribution in [3.8, 4) is 0 Å². The predicted octanol–water partition coefficient (Wildman–Crippen LogP) is -0.740. The van der Waals surface area contributed by atoms with E-state index in [2.05, 4.69) is 25.5 Å². The van der Waals surface area contributed by atoms with Gasteiger partial charge in [-0.1, -0.05) is 0 Å². The summed E-state index contributed by atoms with van der Waals surface area (Å²) in [7, 11) is 0. The van der Waals surface area contributed by atoms with Crippen molar-refractivity contribution in [2.24, 2.45) is 0 Å². The summed E-state index contributed by atoms with van der Waals surface area (Å²) in [5.41, 5.74) is 6.25. The minimum absolute atomic E-state index is 0.0184. The molecular formula is C10H13N7O. The Bertz CT molecular complexity index is 607. The van der Waals surface area contributed by atoms with Crippen LogP contribution in [-0.2, 0) is 4.79 Å². The zero-order chi connectivity index (χ0) is 12.7. The standard InChI is InChI=1S/C10H13N7O/c1-5-9(18)12-2-3-17(5)8-6-4-13-16-7(6)14-10(11)15-8/h4-5H,2-3H2,1H3,(H,12,18)(H3,11,13,14,15,16). The lowest BCUT2D eigenvalue weighted by Gasteiger charge is -2.33. The van der Waals surface area contributed by atoms with Crippen LogP contribution >= 0.6 is 0 Å². The van der Waals surface area contributed by atoms with E-state index in [0.717, 1.165) is 5.39 Å². The maximum absolute atomic E-state index is 11.7. The van der Waals surface area contributed by atoms with Crippen molar-refractivity contribution < 1.29 is 4.79 Å². The number of rotatable bonds is 1. The van der Waals surface area contributed by atoms with Crippen LogP contribution in [0.2, 0.25) is 0 Å². The summed E-state index contributed by atoms with van der Waals surface area (Å²) in [5, 5.41) is 10.3. The number of anilines is 2. The second kappa shape index (κ2) is 3.83. The van der Waals surface area contributed by atoms with Crippen molar-refractivity contribution >= 4 is 28.7 Å². The first-order valence-electron chi connectivity index (χ1n) is 5.68. The van der Waals surface area contributed by atoms with Crippen LogP contribution in [0.3, 0.4) is 0 Å². The summed E-state index contributed by atoms with van der Waals surface area (Å²) < 4.78 is 0. The number of carbonyl (C=O) groups excluding carboxylic acids is 1. The molecule has 0 radical (unpaired) electrons. The Kier molecular flexibility index (Phi) is 2.29. The van der Waals surface area contributed by atoms with Crippen LogP contribution in [0.1, 0.15) is 6.92 Å². The number of H-pyrrole nitrogens is 1. The number of nitrogens with two attached hydrogens (primary N) is 1. The lowest BCUT2D eigenvalue weighted by Crippen LogP contribution is -2.54. The quantitative estimate of drug-likeness (QED) is 0.611. The molecule has 1 saturated heterocycles. The highest BCUT2D eigenvalue weighted by atomic mass is 16.2. The molecule has 0 aliphatic carbocycles. The Morgan fingerprint density at radius 1 is 1.50 bits per heavy atom. The van der Waals surface area contributed by atoms with Gasteiger partial charge in [-0.25, -0.2) is 0 Å². The molecule has 8 heteroatoms. The van der Waals surface area contributed by atoms with Gasteiger partial charge in [-0.05, 0) is 6.92 Å². The summed E-state index contributed by atoms with van der Waals surface area (Å²) in [6.07, 6.45) is 1.64. The average molecular weight is 247 g/mol. The minimum Gasteiger partial charge on any atom is -0.368 e. The third-order valence-electron chi connectivity index (χ3n) is 3.08. The topological polar surface area (TPSA) is 113 Å². The summed E-state index contributed by atoms with van der Waals surface area (Å²) in [6, 6.07) is -0.286. The normalized spacial score (nSPS) is 20.2. The highest BCUT2D eigenvalue weighted by Gasteiger charge is 2.28. The molecule has 0 bridgehead atoms. The largest absolute Gasteiger partial charge is 0.368 e. The van der Waals surface area contributed by atoms with Crippen LogP contribution in [0.5, 0.6) is 0 Å². The predicted molar refractivity (Wildman–Crippen MR) is 65.9 cm³/mol. The van der Waals surface area contributed by atoms with E-state index in [1.54, 1.807) is 6.20 Å². The van der Waals surface area contributed by atoms with Crippen molar-refractivity contribution in [1.29, 1.82) is 0 Å². The number of hydrogen-bond donors (Lipinski definition) is 3. The number of aromatic nitrogens is 4. The van der Waals surface area contributed by atoms with Gasteiger partial charge in [0.15, 0.2) is 5.65 Å². The molecule has 1 unspecified atom stereocenters. The number of nitrogens with one attached hydrogen (secondary N) is 2. The van der Waals surface area contributed by atoms with Gasteiger partial charge in [0.2, 0.25) is 11.9 Å². The van der Waals surface area contributed by atoms with Crippen LogP contribution in [-0.4, -0.2) is 45.2 Å². The summed E-state index contributed by atoms with van der Waals surface area (Å²) in [6.45, 7) is 3.11. The third kappa shape index (κ3) is 1.53. The molecule has 18 heavy (non-hydrogen) atoms. The Morgan fingerprint density at radius 3 is 3.17 bits per heavy atom. The van der Waals surface area contributed by atoms with E-state index in [1.165, 1.54) is 0 Å². The number of carbonyl (C=O) groups is 1. The Morgan fingerprint density at radius 2 is 2.33 bits per heavy atom. The molecule has 3 heterocycles. The zero-order valence-corrected chi connectivity index (χ0v) is 9.84.